The molecule has 4 nitrogen and oxygen atoms in total. The second-order valence-corrected chi connectivity index (χ2v) is 5.02. The van der Waals surface area contributed by atoms with Crippen LogP contribution in [0.5, 0.6) is 0 Å². The monoisotopic (exact) mass is 314 g/mol. The number of nitrogens with one attached hydrogen (secondary N) is 2. The summed E-state index contributed by atoms with van der Waals surface area (Å²) in [5.74, 6) is -0.182. The minimum absolute atomic E-state index is 0.182. The average Bonchev–Trinajstić information content (AvgIpc) is 2.40. The fourth-order valence-corrected chi connectivity index (χ4v) is 1.96. The van der Waals surface area contributed by atoms with E-state index >= 15 is 0 Å². The maximum Gasteiger partial charge on any atom is 0.305 e. The molecule has 0 aliphatic rings. The van der Waals surface area contributed by atoms with Crippen molar-refractivity contribution in [1.82, 2.24) is 5.32 Å². The molecule has 0 heterocycles. The molecule has 0 unspecified atom stereocenters. The summed E-state index contributed by atoms with van der Waals surface area (Å²) in [4.78, 5) is 11.1. The van der Waals surface area contributed by atoms with Crippen LogP contribution in [0.1, 0.15) is 25.3 Å². The second-order valence-electron chi connectivity index (χ2n) is 4.20. The first kappa shape index (κ1) is 16.7. The fraction of sp³-hybridized carbons (Fsp3) is 0.429. The smallest absolute Gasteiger partial charge is 0.305 e. The number of thiocarbonyl (C=S) groups is 1. The molecule has 110 valence electrons. The summed E-state index contributed by atoms with van der Waals surface area (Å²) in [7, 11) is 0. The van der Waals surface area contributed by atoms with Gasteiger partial charge in [0.2, 0.25) is 0 Å². The van der Waals surface area contributed by atoms with Crippen LogP contribution in [0.3, 0.4) is 0 Å². The van der Waals surface area contributed by atoms with Crippen molar-refractivity contribution in [3.63, 3.8) is 0 Å². The van der Waals surface area contributed by atoms with Crippen LogP contribution in [0.15, 0.2) is 18.2 Å². The largest absolute Gasteiger partial charge is 0.466 e. The topological polar surface area (TPSA) is 50.4 Å². The molecule has 1 aromatic carbocycles. The number of benzene rings is 1. The highest BCUT2D eigenvalue weighted by molar-refractivity contribution is 7.80. The standard InChI is InChI=1S/C14H19ClN2O2S/c1-3-19-13(18)8-5-9-16-14(20)17-12-7-4-6-11(15)10(12)2/h4,6-7H,3,5,8-9H2,1-2H3,(H2,16,17,20). The summed E-state index contributed by atoms with van der Waals surface area (Å²) in [6, 6.07) is 5.60. The molecule has 0 amide bonds. The number of anilines is 1. The molecule has 0 aromatic heterocycles. The molecule has 0 radical (unpaired) electrons. The number of hydrogen-bond donors (Lipinski definition) is 2. The van der Waals surface area contributed by atoms with Crippen LogP contribution in [0, 0.1) is 6.92 Å². The summed E-state index contributed by atoms with van der Waals surface area (Å²) in [6.45, 7) is 4.75. The number of rotatable bonds is 6. The minimum Gasteiger partial charge on any atom is -0.466 e. The molecular weight excluding hydrogens is 296 g/mol. The highest BCUT2D eigenvalue weighted by Gasteiger charge is 2.04. The molecule has 2 N–H and O–H groups in total. The van der Waals surface area contributed by atoms with E-state index in [1.54, 1.807) is 6.92 Å². The summed E-state index contributed by atoms with van der Waals surface area (Å²) in [5, 5.41) is 7.34. The first-order chi connectivity index (χ1) is 9.54. The van der Waals surface area contributed by atoms with E-state index in [2.05, 4.69) is 10.6 Å². The first-order valence-electron chi connectivity index (χ1n) is 6.50. The Bertz CT molecular complexity index is 480. The van der Waals surface area contributed by atoms with Crippen molar-refractivity contribution in [2.24, 2.45) is 0 Å². The van der Waals surface area contributed by atoms with Crippen molar-refractivity contribution in [2.75, 3.05) is 18.5 Å². The van der Waals surface area contributed by atoms with Gasteiger partial charge in [-0.25, -0.2) is 0 Å². The van der Waals surface area contributed by atoms with Gasteiger partial charge in [-0.2, -0.15) is 0 Å². The molecule has 1 aromatic rings. The van der Waals surface area contributed by atoms with Gasteiger partial charge in [-0.05, 0) is 50.2 Å². The van der Waals surface area contributed by atoms with Crippen LogP contribution in [-0.4, -0.2) is 24.2 Å². The Balaban J connectivity index is 2.30. The number of halogens is 1. The summed E-state index contributed by atoms with van der Waals surface area (Å²) >= 11 is 11.2. The number of hydrogen-bond acceptors (Lipinski definition) is 3. The van der Waals surface area contributed by atoms with Crippen LogP contribution in [-0.2, 0) is 9.53 Å². The lowest BCUT2D eigenvalue weighted by Crippen LogP contribution is -2.29. The van der Waals surface area contributed by atoms with E-state index < -0.39 is 0 Å². The van der Waals surface area contributed by atoms with Gasteiger partial charge < -0.3 is 15.4 Å². The Kier molecular flexibility index (Phi) is 7.33. The highest BCUT2D eigenvalue weighted by atomic mass is 35.5. The molecule has 0 spiro atoms. The molecule has 0 fully saturated rings. The molecule has 0 saturated carbocycles. The van der Waals surface area contributed by atoms with Crippen molar-refractivity contribution >= 4 is 40.6 Å². The maximum atomic E-state index is 11.1. The predicted octanol–water partition coefficient (Wildman–Crippen LogP) is 3.28. The van der Waals surface area contributed by atoms with Crippen LogP contribution in [0.25, 0.3) is 0 Å². The highest BCUT2D eigenvalue weighted by Crippen LogP contribution is 2.22. The van der Waals surface area contributed by atoms with Crippen LogP contribution >= 0.6 is 23.8 Å². The number of ether oxygens (including phenoxy) is 1. The zero-order chi connectivity index (χ0) is 15.0. The average molecular weight is 315 g/mol. The molecule has 0 bridgehead atoms. The van der Waals surface area contributed by atoms with Gasteiger partial charge in [0.05, 0.1) is 6.61 Å². The normalized spacial score (nSPS) is 9.95. The van der Waals surface area contributed by atoms with Crippen molar-refractivity contribution in [1.29, 1.82) is 0 Å². The van der Waals surface area contributed by atoms with Gasteiger partial charge in [0.1, 0.15) is 0 Å². The molecule has 1 rings (SSSR count). The van der Waals surface area contributed by atoms with Crippen LogP contribution < -0.4 is 10.6 Å². The second kappa shape index (κ2) is 8.76. The lowest BCUT2D eigenvalue weighted by molar-refractivity contribution is -0.143. The van der Waals surface area contributed by atoms with E-state index in [0.29, 0.717) is 36.1 Å². The Labute approximate surface area is 129 Å². The number of carbonyl (C=O) groups is 1. The van der Waals surface area contributed by atoms with Crippen molar-refractivity contribution in [2.45, 2.75) is 26.7 Å². The van der Waals surface area contributed by atoms with Crippen LogP contribution in [0.2, 0.25) is 5.02 Å². The maximum absolute atomic E-state index is 11.1. The first-order valence-corrected chi connectivity index (χ1v) is 7.28. The zero-order valence-electron chi connectivity index (χ0n) is 11.7. The van der Waals surface area contributed by atoms with Gasteiger partial charge in [0.25, 0.3) is 0 Å². The number of carbonyl (C=O) groups excluding carboxylic acids is 1. The molecule has 20 heavy (non-hydrogen) atoms. The quantitative estimate of drug-likeness (QED) is 0.479. The van der Waals surface area contributed by atoms with Gasteiger partial charge in [-0.3, -0.25) is 4.79 Å². The van der Waals surface area contributed by atoms with E-state index in [4.69, 9.17) is 28.6 Å². The van der Waals surface area contributed by atoms with E-state index in [-0.39, 0.29) is 5.97 Å². The summed E-state index contributed by atoms with van der Waals surface area (Å²) < 4.78 is 4.84. The van der Waals surface area contributed by atoms with Gasteiger partial charge in [-0.1, -0.05) is 17.7 Å². The van der Waals surface area contributed by atoms with Crippen molar-refractivity contribution in [3.05, 3.63) is 28.8 Å². The molecular formula is C14H19ClN2O2S. The fourth-order valence-electron chi connectivity index (χ4n) is 1.58. The molecule has 0 atom stereocenters. The van der Waals surface area contributed by atoms with Crippen molar-refractivity contribution < 1.29 is 9.53 Å². The number of esters is 1. The van der Waals surface area contributed by atoms with Crippen molar-refractivity contribution in [3.8, 4) is 0 Å². The predicted molar refractivity (Wildman–Crippen MR) is 86.3 cm³/mol. The lowest BCUT2D eigenvalue weighted by atomic mass is 10.2. The molecule has 0 aliphatic heterocycles. The van der Waals surface area contributed by atoms with Crippen LogP contribution in [0.4, 0.5) is 5.69 Å². The molecule has 0 aliphatic carbocycles. The summed E-state index contributed by atoms with van der Waals surface area (Å²) in [5.41, 5.74) is 1.82. The van der Waals surface area contributed by atoms with E-state index in [9.17, 15) is 4.79 Å². The Morgan fingerprint density at radius 3 is 2.90 bits per heavy atom. The minimum atomic E-state index is -0.182. The van der Waals surface area contributed by atoms with Gasteiger partial charge >= 0.3 is 5.97 Å². The Morgan fingerprint density at radius 1 is 1.45 bits per heavy atom. The van der Waals surface area contributed by atoms with E-state index in [1.165, 1.54) is 0 Å². The van der Waals surface area contributed by atoms with Gasteiger partial charge in [0, 0.05) is 23.7 Å². The zero-order valence-corrected chi connectivity index (χ0v) is 13.2. The van der Waals surface area contributed by atoms with Gasteiger partial charge in [0.15, 0.2) is 5.11 Å². The lowest BCUT2D eigenvalue weighted by Gasteiger charge is -2.13. The van der Waals surface area contributed by atoms with Gasteiger partial charge in [-0.15, -0.1) is 0 Å². The Morgan fingerprint density at radius 2 is 2.20 bits per heavy atom. The Hall–Kier alpha value is -1.33. The third-order valence-electron chi connectivity index (χ3n) is 2.66. The molecule has 6 heteroatoms. The molecule has 0 saturated heterocycles. The SMILES string of the molecule is CCOC(=O)CCCNC(=S)Nc1cccc(Cl)c1C. The summed E-state index contributed by atoms with van der Waals surface area (Å²) in [6.07, 6.45) is 1.06. The third-order valence-corrected chi connectivity index (χ3v) is 3.32. The van der Waals surface area contributed by atoms with E-state index in [0.717, 1.165) is 11.3 Å². The third kappa shape index (κ3) is 5.75. The van der Waals surface area contributed by atoms with E-state index in [1.807, 2.05) is 25.1 Å².